The predicted molar refractivity (Wildman–Crippen MR) is 87.6 cm³/mol. The molecule has 0 aliphatic rings. The summed E-state index contributed by atoms with van der Waals surface area (Å²) >= 11 is 0. The summed E-state index contributed by atoms with van der Waals surface area (Å²) in [4.78, 5) is 0. The average molecular weight is 325 g/mol. The molecular weight excluding hydrogens is 292 g/mol. The van der Waals surface area contributed by atoms with Gasteiger partial charge in [-0.15, -0.1) is 0 Å². The first-order valence-corrected chi connectivity index (χ1v) is 16.2. The minimum Gasteiger partial charge on any atom is -0.437 e. The molecule has 0 fully saturated rings. The van der Waals surface area contributed by atoms with Gasteiger partial charge in [-0.3, -0.25) is 0 Å². The number of aliphatic hydroxyl groups excluding tert-OH is 2. The third-order valence-corrected chi connectivity index (χ3v) is 13.7. The van der Waals surface area contributed by atoms with E-state index in [2.05, 4.69) is 39.3 Å². The summed E-state index contributed by atoms with van der Waals surface area (Å²) in [7, 11) is -5.65. The van der Waals surface area contributed by atoms with E-state index in [9.17, 15) is 0 Å². The predicted octanol–water partition coefficient (Wildman–Crippen LogP) is 2.90. The average Bonchev–Trinajstić information content (AvgIpc) is 2.20. The van der Waals surface area contributed by atoms with Crippen LogP contribution in [0.5, 0.6) is 0 Å². The zero-order valence-electron chi connectivity index (χ0n) is 13.5. The van der Waals surface area contributed by atoms with Crippen LogP contribution in [0.15, 0.2) is 0 Å². The van der Waals surface area contributed by atoms with E-state index in [-0.39, 0.29) is 13.2 Å². The van der Waals surface area contributed by atoms with Crippen LogP contribution in [0.25, 0.3) is 0 Å². The van der Waals surface area contributed by atoms with Crippen LogP contribution in [0.2, 0.25) is 51.4 Å². The smallest absolute Gasteiger partial charge is 0.314 e. The fourth-order valence-corrected chi connectivity index (χ4v) is 15.7. The Labute approximate surface area is 121 Å². The van der Waals surface area contributed by atoms with Crippen LogP contribution in [-0.4, -0.2) is 48.6 Å². The van der Waals surface area contributed by atoms with Gasteiger partial charge in [0.15, 0.2) is 16.6 Å². The molecule has 0 aromatic rings. The molecule has 0 radical (unpaired) electrons. The van der Waals surface area contributed by atoms with Crippen LogP contribution in [0.3, 0.4) is 0 Å². The summed E-state index contributed by atoms with van der Waals surface area (Å²) in [5.41, 5.74) is 0. The molecule has 0 heterocycles. The topological polar surface area (TPSA) is 58.9 Å². The second-order valence-electron chi connectivity index (χ2n) is 6.86. The minimum atomic E-state index is -2.21. The highest BCUT2D eigenvalue weighted by Gasteiger charge is 2.41. The highest BCUT2D eigenvalue weighted by Crippen LogP contribution is 2.27. The van der Waals surface area contributed by atoms with Gasteiger partial charge >= 0.3 is 8.56 Å². The zero-order valence-corrected chi connectivity index (χ0v) is 16.5. The summed E-state index contributed by atoms with van der Waals surface area (Å²) in [5.74, 6) is 0. The molecule has 0 aromatic carbocycles. The molecule has 0 aromatic heterocycles. The van der Waals surface area contributed by atoms with Crippen molar-refractivity contribution in [1.29, 1.82) is 0 Å². The summed E-state index contributed by atoms with van der Waals surface area (Å²) in [6, 6.07) is 1.81. The van der Waals surface area contributed by atoms with E-state index in [0.29, 0.717) is 0 Å². The van der Waals surface area contributed by atoms with Crippen LogP contribution in [0, 0.1) is 0 Å². The standard InChI is InChI=1S/C12H32O4Si3/c1-17(2,3)15-19(6,12-8-10-14)16-18(4,5)11-7-9-13/h13-14H,7-12H2,1-6H3. The van der Waals surface area contributed by atoms with Gasteiger partial charge in [0.05, 0.1) is 0 Å². The van der Waals surface area contributed by atoms with Gasteiger partial charge < -0.3 is 18.4 Å². The summed E-state index contributed by atoms with van der Waals surface area (Å²) < 4.78 is 12.8. The quantitative estimate of drug-likeness (QED) is 0.607. The van der Waals surface area contributed by atoms with E-state index in [1.165, 1.54) is 0 Å². The molecule has 0 rings (SSSR count). The van der Waals surface area contributed by atoms with Gasteiger partial charge in [-0.05, 0) is 64.2 Å². The molecule has 0 saturated carbocycles. The van der Waals surface area contributed by atoms with E-state index < -0.39 is 25.2 Å². The first-order chi connectivity index (χ1) is 8.54. The lowest BCUT2D eigenvalue weighted by molar-refractivity contribution is 0.283. The molecular formula is C12H32O4Si3. The maximum atomic E-state index is 9.07. The Kier molecular flexibility index (Phi) is 8.27. The first kappa shape index (κ1) is 19.5. The van der Waals surface area contributed by atoms with E-state index in [4.69, 9.17) is 18.4 Å². The van der Waals surface area contributed by atoms with Crippen molar-refractivity contribution in [3.63, 3.8) is 0 Å². The van der Waals surface area contributed by atoms with Crippen LogP contribution in [0.4, 0.5) is 0 Å². The molecule has 19 heavy (non-hydrogen) atoms. The third-order valence-electron chi connectivity index (χ3n) is 2.74. The second-order valence-corrected chi connectivity index (χ2v) is 19.5. The van der Waals surface area contributed by atoms with Gasteiger partial charge in [-0.25, -0.2) is 0 Å². The van der Waals surface area contributed by atoms with Crippen molar-refractivity contribution in [2.45, 2.75) is 64.2 Å². The molecule has 0 saturated heterocycles. The van der Waals surface area contributed by atoms with Crippen LogP contribution < -0.4 is 0 Å². The fraction of sp³-hybridized carbons (Fsp3) is 1.00. The Balaban J connectivity index is 4.73. The summed E-state index contributed by atoms with van der Waals surface area (Å²) in [6.45, 7) is 13.5. The number of hydrogen-bond donors (Lipinski definition) is 2. The second kappa shape index (κ2) is 8.06. The first-order valence-electron chi connectivity index (χ1n) is 7.16. The molecule has 116 valence electrons. The van der Waals surface area contributed by atoms with Crippen molar-refractivity contribution >= 4 is 25.2 Å². The number of hydrogen-bond acceptors (Lipinski definition) is 4. The van der Waals surface area contributed by atoms with Gasteiger partial charge in [0.2, 0.25) is 0 Å². The molecule has 2 N–H and O–H groups in total. The largest absolute Gasteiger partial charge is 0.437 e. The fourth-order valence-electron chi connectivity index (χ4n) is 2.31. The Morgan fingerprint density at radius 2 is 1.21 bits per heavy atom. The van der Waals surface area contributed by atoms with Gasteiger partial charge in [-0.1, -0.05) is 0 Å². The Hall–Kier alpha value is 0.491. The highest BCUT2D eigenvalue weighted by atomic mass is 28.5. The maximum Gasteiger partial charge on any atom is 0.314 e. The van der Waals surface area contributed by atoms with Gasteiger partial charge in [0, 0.05) is 13.2 Å². The molecule has 0 bridgehead atoms. The monoisotopic (exact) mass is 324 g/mol. The van der Waals surface area contributed by atoms with Crippen molar-refractivity contribution in [2.75, 3.05) is 13.2 Å². The van der Waals surface area contributed by atoms with Crippen molar-refractivity contribution in [1.82, 2.24) is 0 Å². The Bertz CT molecular complexity index is 256. The lowest BCUT2D eigenvalue weighted by Gasteiger charge is -2.39. The molecule has 0 spiro atoms. The van der Waals surface area contributed by atoms with Crippen LogP contribution in [0.1, 0.15) is 12.8 Å². The Morgan fingerprint density at radius 3 is 1.63 bits per heavy atom. The molecule has 0 aliphatic heterocycles. The molecule has 1 atom stereocenters. The van der Waals surface area contributed by atoms with E-state index in [1.54, 1.807) is 0 Å². The number of rotatable bonds is 10. The van der Waals surface area contributed by atoms with Crippen molar-refractivity contribution < 1.29 is 18.4 Å². The van der Waals surface area contributed by atoms with E-state index >= 15 is 0 Å². The minimum absolute atomic E-state index is 0.194. The highest BCUT2D eigenvalue weighted by molar-refractivity contribution is 6.88. The summed E-state index contributed by atoms with van der Waals surface area (Å²) in [6.07, 6.45) is 1.55. The van der Waals surface area contributed by atoms with Crippen molar-refractivity contribution in [3.8, 4) is 0 Å². The lowest BCUT2D eigenvalue weighted by atomic mass is 10.5. The lowest BCUT2D eigenvalue weighted by Crippen LogP contribution is -2.53. The van der Waals surface area contributed by atoms with Crippen molar-refractivity contribution in [2.24, 2.45) is 0 Å². The molecule has 0 aliphatic carbocycles. The zero-order chi connectivity index (χ0) is 15.2. The summed E-state index contributed by atoms with van der Waals surface area (Å²) in [5, 5.41) is 18.0. The van der Waals surface area contributed by atoms with Crippen LogP contribution >= 0.6 is 0 Å². The van der Waals surface area contributed by atoms with Gasteiger partial charge in [0.1, 0.15) is 0 Å². The van der Waals surface area contributed by atoms with E-state index in [0.717, 1.165) is 24.9 Å². The molecule has 7 heteroatoms. The third kappa shape index (κ3) is 9.94. The maximum absolute atomic E-state index is 9.07. The normalized spacial score (nSPS) is 16.4. The van der Waals surface area contributed by atoms with Crippen molar-refractivity contribution in [3.05, 3.63) is 0 Å². The molecule has 0 amide bonds. The SMILES string of the molecule is C[Si](C)(C)O[Si](C)(CCCO)O[Si](C)(C)CCCO. The number of aliphatic hydroxyl groups is 2. The Morgan fingerprint density at radius 1 is 0.737 bits per heavy atom. The molecule has 1 unspecified atom stereocenters. The van der Waals surface area contributed by atoms with Gasteiger partial charge in [0.25, 0.3) is 0 Å². The van der Waals surface area contributed by atoms with Crippen LogP contribution in [-0.2, 0) is 8.23 Å². The molecule has 4 nitrogen and oxygen atoms in total. The van der Waals surface area contributed by atoms with E-state index in [1.807, 2.05) is 0 Å². The van der Waals surface area contributed by atoms with Gasteiger partial charge in [-0.2, -0.15) is 0 Å².